The molecule has 0 saturated heterocycles. The molecule has 2 heterocycles. The smallest absolute Gasteiger partial charge is 0.202 e. The lowest BCUT2D eigenvalue weighted by atomic mass is 10.2. The predicted molar refractivity (Wildman–Crippen MR) is 49.2 cm³/mol. The number of ketones is 1. The molecule has 0 aliphatic heterocycles. The molecule has 0 aromatic carbocycles. The van der Waals surface area contributed by atoms with Gasteiger partial charge in [-0.1, -0.05) is 5.16 Å². The fourth-order valence-electron chi connectivity index (χ4n) is 1.00. The van der Waals surface area contributed by atoms with Gasteiger partial charge in [-0.15, -0.1) is 0 Å². The van der Waals surface area contributed by atoms with Crippen molar-refractivity contribution in [3.8, 4) is 11.5 Å². The topological polar surface area (TPSA) is 56.2 Å². The molecule has 0 aliphatic rings. The van der Waals surface area contributed by atoms with Gasteiger partial charge in [0.05, 0.1) is 0 Å². The number of aromatic nitrogens is 1. The van der Waals surface area contributed by atoms with Crippen LogP contribution in [0.2, 0.25) is 5.22 Å². The largest absolute Gasteiger partial charge is 0.441 e. The van der Waals surface area contributed by atoms with Gasteiger partial charge in [-0.3, -0.25) is 4.79 Å². The van der Waals surface area contributed by atoms with Crippen molar-refractivity contribution in [1.82, 2.24) is 5.16 Å². The average molecular weight is 212 g/mol. The van der Waals surface area contributed by atoms with E-state index in [1.807, 2.05) is 0 Å². The zero-order chi connectivity index (χ0) is 10.1. The molecule has 0 saturated carbocycles. The number of nitrogens with zero attached hydrogens (tertiary/aromatic N) is 1. The number of furan rings is 1. The van der Waals surface area contributed by atoms with E-state index in [9.17, 15) is 4.79 Å². The molecule has 0 fully saturated rings. The van der Waals surface area contributed by atoms with Gasteiger partial charge in [-0.25, -0.2) is 0 Å². The Morgan fingerprint density at radius 3 is 2.71 bits per heavy atom. The molecule has 5 heteroatoms. The number of hydrogen-bond donors (Lipinski definition) is 0. The standard InChI is InChI=1S/C9H6ClNO3/c1-5(12)6-4-8(14-11-6)7-2-3-9(10)13-7/h2-4H,1H3. The third kappa shape index (κ3) is 1.56. The van der Waals surface area contributed by atoms with E-state index in [4.69, 9.17) is 20.5 Å². The van der Waals surface area contributed by atoms with Gasteiger partial charge in [0.2, 0.25) is 5.76 Å². The van der Waals surface area contributed by atoms with E-state index in [0.29, 0.717) is 11.5 Å². The van der Waals surface area contributed by atoms with Gasteiger partial charge in [0.15, 0.2) is 16.8 Å². The Balaban J connectivity index is 2.38. The molecule has 2 aromatic rings. The van der Waals surface area contributed by atoms with Crippen LogP contribution in [0.15, 0.2) is 27.1 Å². The lowest BCUT2D eigenvalue weighted by Crippen LogP contribution is -1.89. The first-order valence-electron chi connectivity index (χ1n) is 3.90. The van der Waals surface area contributed by atoms with E-state index in [-0.39, 0.29) is 16.7 Å². The van der Waals surface area contributed by atoms with Gasteiger partial charge >= 0.3 is 0 Å². The normalized spacial score (nSPS) is 10.4. The number of rotatable bonds is 2. The van der Waals surface area contributed by atoms with Gasteiger partial charge in [0.1, 0.15) is 5.69 Å². The molecular formula is C9H6ClNO3. The summed E-state index contributed by atoms with van der Waals surface area (Å²) in [5, 5.41) is 3.84. The molecule has 0 atom stereocenters. The van der Waals surface area contributed by atoms with Gasteiger partial charge in [0, 0.05) is 13.0 Å². The van der Waals surface area contributed by atoms with Crippen LogP contribution in [0, 0.1) is 0 Å². The first kappa shape index (κ1) is 9.02. The van der Waals surface area contributed by atoms with Crippen LogP contribution in [0.4, 0.5) is 0 Å². The minimum atomic E-state index is -0.155. The van der Waals surface area contributed by atoms with Gasteiger partial charge in [0.25, 0.3) is 0 Å². The second-order valence-electron chi connectivity index (χ2n) is 2.74. The summed E-state index contributed by atoms with van der Waals surface area (Å²) >= 11 is 5.58. The summed E-state index contributed by atoms with van der Waals surface area (Å²) in [6.45, 7) is 1.41. The maximum atomic E-state index is 10.9. The Morgan fingerprint density at radius 2 is 2.21 bits per heavy atom. The van der Waals surface area contributed by atoms with Crippen molar-refractivity contribution in [3.05, 3.63) is 29.1 Å². The van der Waals surface area contributed by atoms with E-state index in [2.05, 4.69) is 5.16 Å². The summed E-state index contributed by atoms with van der Waals surface area (Å²) in [6.07, 6.45) is 0. The van der Waals surface area contributed by atoms with Crippen molar-refractivity contribution >= 4 is 17.4 Å². The summed E-state index contributed by atoms with van der Waals surface area (Å²) in [7, 11) is 0. The van der Waals surface area contributed by atoms with Crippen molar-refractivity contribution in [2.24, 2.45) is 0 Å². The molecule has 0 spiro atoms. The second-order valence-corrected chi connectivity index (χ2v) is 3.11. The zero-order valence-corrected chi connectivity index (χ0v) is 8.04. The number of carbonyl (C=O) groups is 1. The Morgan fingerprint density at radius 1 is 1.43 bits per heavy atom. The number of halogens is 1. The highest BCUT2D eigenvalue weighted by Crippen LogP contribution is 2.25. The molecule has 0 unspecified atom stereocenters. The second kappa shape index (κ2) is 3.31. The van der Waals surface area contributed by atoms with Crippen molar-refractivity contribution < 1.29 is 13.7 Å². The quantitative estimate of drug-likeness (QED) is 0.717. The maximum Gasteiger partial charge on any atom is 0.202 e. The fraction of sp³-hybridized carbons (Fsp3) is 0.111. The molecule has 0 bridgehead atoms. The van der Waals surface area contributed by atoms with E-state index < -0.39 is 0 Å². The average Bonchev–Trinajstić information content (AvgIpc) is 2.70. The molecule has 2 rings (SSSR count). The monoisotopic (exact) mass is 211 g/mol. The van der Waals surface area contributed by atoms with Crippen molar-refractivity contribution in [1.29, 1.82) is 0 Å². The SMILES string of the molecule is CC(=O)c1cc(-c2ccc(Cl)o2)on1. The highest BCUT2D eigenvalue weighted by atomic mass is 35.5. The van der Waals surface area contributed by atoms with Crippen molar-refractivity contribution in [3.63, 3.8) is 0 Å². The van der Waals surface area contributed by atoms with Gasteiger partial charge < -0.3 is 8.94 Å². The molecule has 0 radical (unpaired) electrons. The van der Waals surface area contributed by atoms with Crippen LogP contribution in [-0.2, 0) is 0 Å². The van der Waals surface area contributed by atoms with Crippen LogP contribution >= 0.6 is 11.6 Å². The van der Waals surface area contributed by atoms with Crippen LogP contribution in [0.1, 0.15) is 17.4 Å². The summed E-state index contributed by atoms with van der Waals surface area (Å²) in [5.74, 6) is 0.690. The molecule has 4 nitrogen and oxygen atoms in total. The lowest BCUT2D eigenvalue weighted by molar-refractivity contribution is 0.100. The Labute approximate surface area is 84.4 Å². The van der Waals surface area contributed by atoms with Crippen LogP contribution in [0.3, 0.4) is 0 Å². The van der Waals surface area contributed by atoms with Gasteiger partial charge in [-0.2, -0.15) is 0 Å². The molecule has 0 amide bonds. The van der Waals surface area contributed by atoms with Crippen LogP contribution in [-0.4, -0.2) is 10.9 Å². The summed E-state index contributed by atoms with van der Waals surface area (Å²) < 4.78 is 9.99. The summed E-state index contributed by atoms with van der Waals surface area (Å²) in [5.41, 5.74) is 0.271. The predicted octanol–water partition coefficient (Wildman–Crippen LogP) is 2.79. The molecule has 0 N–H and O–H groups in total. The van der Waals surface area contributed by atoms with Gasteiger partial charge in [-0.05, 0) is 23.7 Å². The molecule has 72 valence electrons. The molecule has 14 heavy (non-hydrogen) atoms. The third-order valence-corrected chi connectivity index (χ3v) is 1.89. The highest BCUT2D eigenvalue weighted by Gasteiger charge is 2.12. The van der Waals surface area contributed by atoms with E-state index in [0.717, 1.165) is 0 Å². The van der Waals surface area contributed by atoms with Crippen LogP contribution in [0.5, 0.6) is 0 Å². The van der Waals surface area contributed by atoms with Crippen LogP contribution < -0.4 is 0 Å². The van der Waals surface area contributed by atoms with Crippen LogP contribution in [0.25, 0.3) is 11.5 Å². The Kier molecular flexibility index (Phi) is 2.13. The molecular weight excluding hydrogens is 206 g/mol. The summed E-state index contributed by atoms with van der Waals surface area (Å²) in [6, 6.07) is 4.75. The maximum absolute atomic E-state index is 10.9. The Hall–Kier alpha value is -1.55. The molecule has 2 aromatic heterocycles. The van der Waals surface area contributed by atoms with Crippen molar-refractivity contribution in [2.45, 2.75) is 6.92 Å². The third-order valence-electron chi connectivity index (χ3n) is 1.69. The fourth-order valence-corrected chi connectivity index (χ4v) is 1.15. The Bertz CT molecular complexity index is 472. The number of hydrogen-bond acceptors (Lipinski definition) is 4. The lowest BCUT2D eigenvalue weighted by Gasteiger charge is -1.84. The zero-order valence-electron chi connectivity index (χ0n) is 7.28. The number of carbonyl (C=O) groups excluding carboxylic acids is 1. The van der Waals surface area contributed by atoms with Crippen molar-refractivity contribution in [2.75, 3.05) is 0 Å². The van der Waals surface area contributed by atoms with E-state index in [1.54, 1.807) is 12.1 Å². The first-order chi connectivity index (χ1) is 6.66. The highest BCUT2D eigenvalue weighted by molar-refractivity contribution is 6.28. The minimum Gasteiger partial charge on any atom is -0.441 e. The van der Waals surface area contributed by atoms with E-state index in [1.165, 1.54) is 13.0 Å². The molecule has 0 aliphatic carbocycles. The minimum absolute atomic E-state index is 0.155. The first-order valence-corrected chi connectivity index (χ1v) is 4.28. The summed E-state index contributed by atoms with van der Waals surface area (Å²) in [4.78, 5) is 10.9. The number of Topliss-reactive ketones (excluding diaryl/α,β-unsaturated/α-hetero) is 1. The van der Waals surface area contributed by atoms with E-state index >= 15 is 0 Å².